The Bertz CT molecular complexity index is 923. The summed E-state index contributed by atoms with van der Waals surface area (Å²) >= 11 is 0. The van der Waals surface area contributed by atoms with Gasteiger partial charge in [0.1, 0.15) is 23.6 Å². The smallest absolute Gasteiger partial charge is 0.329 e. The first kappa shape index (κ1) is 26.7. The van der Waals surface area contributed by atoms with Crippen molar-refractivity contribution in [2.75, 3.05) is 30.9 Å². The van der Waals surface area contributed by atoms with Gasteiger partial charge >= 0.3 is 11.9 Å². The van der Waals surface area contributed by atoms with Crippen LogP contribution in [0.1, 0.15) is 12.5 Å². The first-order chi connectivity index (χ1) is 15.8. The molecule has 1 amide bonds. The number of rotatable bonds is 12. The molecule has 8 nitrogen and oxygen atoms in total. The van der Waals surface area contributed by atoms with Crippen molar-refractivity contribution in [3.63, 3.8) is 0 Å². The Balaban J connectivity index is 1.77. The lowest BCUT2D eigenvalue weighted by molar-refractivity contribution is -0.136. The van der Waals surface area contributed by atoms with Crippen molar-refractivity contribution >= 4 is 45.1 Å². The fourth-order valence-electron chi connectivity index (χ4n) is 2.56. The lowest BCUT2D eigenvalue weighted by Gasteiger charge is -2.17. The molecule has 0 bridgehead atoms. The molecule has 0 spiro atoms. The van der Waals surface area contributed by atoms with Gasteiger partial charge in [0.2, 0.25) is 5.91 Å². The number of likely N-dealkylation sites (N-methyl/N-ethyl adjacent to an activating group) is 2. The first-order valence-corrected chi connectivity index (χ1v) is 12.8. The second kappa shape index (κ2) is 13.9. The molecule has 10 heteroatoms. The van der Waals surface area contributed by atoms with Crippen molar-refractivity contribution < 1.29 is 23.9 Å². The van der Waals surface area contributed by atoms with Gasteiger partial charge in [-0.3, -0.25) is 4.79 Å². The van der Waals surface area contributed by atoms with Gasteiger partial charge in [-0.25, -0.2) is 9.59 Å². The van der Waals surface area contributed by atoms with E-state index in [0.29, 0.717) is 28.7 Å². The van der Waals surface area contributed by atoms with Crippen LogP contribution in [-0.2, 0) is 14.4 Å². The number of hydrogen-bond donors (Lipinski definition) is 3. The quantitative estimate of drug-likeness (QED) is 0.179. The molecule has 0 saturated heterocycles. The van der Waals surface area contributed by atoms with Crippen molar-refractivity contribution in [2.24, 2.45) is 0 Å². The molecular weight excluding hydrogens is 462 g/mol. The Morgan fingerprint density at radius 3 is 1.61 bits per heavy atom. The Hall–Kier alpha value is -2.53. The molecule has 2 unspecified atom stereocenters. The molecule has 2 aromatic carbocycles. The van der Waals surface area contributed by atoms with Crippen LogP contribution in [0.15, 0.2) is 48.5 Å². The fraction of sp³-hybridized carbons (Fsp3) is 0.348. The molecule has 0 aliphatic rings. The van der Waals surface area contributed by atoms with Gasteiger partial charge < -0.3 is 25.4 Å². The van der Waals surface area contributed by atoms with Crippen LogP contribution in [0.5, 0.6) is 11.5 Å². The zero-order valence-electron chi connectivity index (χ0n) is 19.0. The average molecular weight is 492 g/mol. The average Bonchev–Trinajstić information content (AvgIpc) is 2.78. The van der Waals surface area contributed by atoms with Gasteiger partial charge in [-0.15, -0.1) is 0 Å². The standard InChI is InChI=1S/C23H29N3O5S2/c1-15-5-9-18(10-6-15)30-22(28)20(24-3)13-32-33-14-21(25-4)23(29)31-19-11-7-17(8-12-19)26-16(2)27/h5-12,20-21,24-25H,13-14H2,1-4H3,(H,26,27). The largest absolute Gasteiger partial charge is 0.425 e. The highest BCUT2D eigenvalue weighted by Crippen LogP contribution is 2.24. The Morgan fingerprint density at radius 2 is 1.21 bits per heavy atom. The molecule has 0 aliphatic heterocycles. The van der Waals surface area contributed by atoms with E-state index in [1.807, 2.05) is 19.1 Å². The molecule has 2 atom stereocenters. The van der Waals surface area contributed by atoms with Crippen molar-refractivity contribution in [2.45, 2.75) is 25.9 Å². The van der Waals surface area contributed by atoms with E-state index in [0.717, 1.165) is 5.56 Å². The van der Waals surface area contributed by atoms with E-state index in [4.69, 9.17) is 9.47 Å². The Kier molecular flexibility index (Phi) is 11.2. The highest BCUT2D eigenvalue weighted by molar-refractivity contribution is 8.76. The molecule has 2 aromatic rings. The van der Waals surface area contributed by atoms with Gasteiger partial charge in [-0.2, -0.15) is 0 Å². The van der Waals surface area contributed by atoms with Gasteiger partial charge in [0.25, 0.3) is 0 Å². The van der Waals surface area contributed by atoms with Gasteiger partial charge in [-0.1, -0.05) is 39.3 Å². The van der Waals surface area contributed by atoms with Gasteiger partial charge in [0.05, 0.1) is 0 Å². The maximum absolute atomic E-state index is 12.5. The van der Waals surface area contributed by atoms with Crippen LogP contribution in [-0.4, -0.2) is 55.5 Å². The van der Waals surface area contributed by atoms with Crippen LogP contribution < -0.4 is 25.4 Å². The predicted molar refractivity (Wildman–Crippen MR) is 134 cm³/mol. The molecule has 3 N–H and O–H groups in total. The van der Waals surface area contributed by atoms with E-state index in [2.05, 4.69) is 16.0 Å². The molecule has 0 aromatic heterocycles. The summed E-state index contributed by atoms with van der Waals surface area (Å²) in [6.07, 6.45) is 0. The number of amides is 1. The van der Waals surface area contributed by atoms with Crippen molar-refractivity contribution in [3.8, 4) is 11.5 Å². The second-order valence-electron chi connectivity index (χ2n) is 7.11. The summed E-state index contributed by atoms with van der Waals surface area (Å²) in [4.78, 5) is 35.9. The number of nitrogens with one attached hydrogen (secondary N) is 3. The first-order valence-electron chi connectivity index (χ1n) is 10.3. The van der Waals surface area contributed by atoms with E-state index in [1.54, 1.807) is 50.5 Å². The summed E-state index contributed by atoms with van der Waals surface area (Å²) in [5.41, 5.74) is 1.71. The number of hydrogen-bond acceptors (Lipinski definition) is 9. The number of aryl methyl sites for hydroxylation is 1. The van der Waals surface area contributed by atoms with E-state index >= 15 is 0 Å². The van der Waals surface area contributed by atoms with Crippen molar-refractivity contribution in [3.05, 3.63) is 54.1 Å². The summed E-state index contributed by atoms with van der Waals surface area (Å²) in [6, 6.07) is 12.9. The number of anilines is 1. The molecule has 0 fully saturated rings. The molecular formula is C23H29N3O5S2. The third-order valence-corrected chi connectivity index (χ3v) is 6.87. The van der Waals surface area contributed by atoms with Crippen LogP contribution in [0, 0.1) is 6.92 Å². The summed E-state index contributed by atoms with van der Waals surface area (Å²) in [7, 11) is 6.32. The third kappa shape index (κ3) is 9.47. The van der Waals surface area contributed by atoms with Crippen LogP contribution in [0.25, 0.3) is 0 Å². The van der Waals surface area contributed by atoms with Crippen LogP contribution in [0.2, 0.25) is 0 Å². The Labute approximate surface area is 202 Å². The molecule has 178 valence electrons. The minimum atomic E-state index is -0.523. The van der Waals surface area contributed by atoms with Crippen LogP contribution in [0.4, 0.5) is 5.69 Å². The van der Waals surface area contributed by atoms with Gasteiger partial charge in [-0.05, 0) is 57.4 Å². The predicted octanol–water partition coefficient (Wildman–Crippen LogP) is 3.02. The zero-order valence-corrected chi connectivity index (χ0v) is 20.7. The van der Waals surface area contributed by atoms with E-state index in [-0.39, 0.29) is 11.9 Å². The number of carbonyl (C=O) groups is 3. The molecule has 33 heavy (non-hydrogen) atoms. The van der Waals surface area contributed by atoms with Crippen LogP contribution >= 0.6 is 21.6 Å². The SMILES string of the molecule is CNC(CSSCC(NC)C(=O)Oc1ccc(NC(C)=O)cc1)C(=O)Oc1ccc(C)cc1. The van der Waals surface area contributed by atoms with E-state index in [9.17, 15) is 14.4 Å². The maximum atomic E-state index is 12.5. The minimum Gasteiger partial charge on any atom is -0.425 e. The fourth-order valence-corrected chi connectivity index (χ4v) is 5.03. The number of carbonyl (C=O) groups excluding carboxylic acids is 3. The van der Waals surface area contributed by atoms with Crippen molar-refractivity contribution in [1.82, 2.24) is 10.6 Å². The number of ether oxygens (including phenoxy) is 2. The van der Waals surface area contributed by atoms with E-state index in [1.165, 1.54) is 28.5 Å². The molecule has 0 saturated carbocycles. The highest BCUT2D eigenvalue weighted by atomic mass is 33.1. The van der Waals surface area contributed by atoms with Gasteiger partial charge in [0.15, 0.2) is 0 Å². The number of esters is 2. The lowest BCUT2D eigenvalue weighted by atomic mass is 10.2. The molecule has 0 aliphatic carbocycles. The monoisotopic (exact) mass is 491 g/mol. The Morgan fingerprint density at radius 1 is 0.788 bits per heavy atom. The normalized spacial score (nSPS) is 12.5. The topological polar surface area (TPSA) is 106 Å². The molecule has 0 heterocycles. The second-order valence-corrected chi connectivity index (χ2v) is 9.66. The summed E-state index contributed by atoms with van der Waals surface area (Å²) in [5.74, 6) is 0.875. The molecule has 0 radical (unpaired) electrons. The van der Waals surface area contributed by atoms with Gasteiger partial charge in [0, 0.05) is 24.1 Å². The van der Waals surface area contributed by atoms with Crippen LogP contribution in [0.3, 0.4) is 0 Å². The molecule has 2 rings (SSSR count). The highest BCUT2D eigenvalue weighted by Gasteiger charge is 2.22. The third-order valence-electron chi connectivity index (χ3n) is 4.45. The van der Waals surface area contributed by atoms with Crippen molar-refractivity contribution in [1.29, 1.82) is 0 Å². The summed E-state index contributed by atoms with van der Waals surface area (Å²) in [6.45, 7) is 3.39. The lowest BCUT2D eigenvalue weighted by Crippen LogP contribution is -2.40. The zero-order chi connectivity index (χ0) is 24.2. The summed E-state index contributed by atoms with van der Waals surface area (Å²) < 4.78 is 10.8. The van der Waals surface area contributed by atoms with E-state index < -0.39 is 18.1 Å². The summed E-state index contributed by atoms with van der Waals surface area (Å²) in [5, 5.41) is 8.57. The minimum absolute atomic E-state index is 0.173. The maximum Gasteiger partial charge on any atom is 0.329 e. The number of benzene rings is 2.